The zero-order valence-corrected chi connectivity index (χ0v) is 11.5. The van der Waals surface area contributed by atoms with Crippen molar-refractivity contribution in [3.05, 3.63) is 17.5 Å². The van der Waals surface area contributed by atoms with Gasteiger partial charge < -0.3 is 5.32 Å². The molecule has 0 saturated heterocycles. The second-order valence-corrected chi connectivity index (χ2v) is 5.42. The van der Waals surface area contributed by atoms with Gasteiger partial charge in [0.2, 0.25) is 5.91 Å². The Bertz CT molecular complexity index is 494. The second-order valence-electron chi connectivity index (χ2n) is 5.42. The van der Waals surface area contributed by atoms with Gasteiger partial charge in [0.25, 0.3) is 0 Å². The molecule has 0 aromatic carbocycles. The van der Waals surface area contributed by atoms with Gasteiger partial charge in [0.05, 0.1) is 11.7 Å². The van der Waals surface area contributed by atoms with Crippen LogP contribution >= 0.6 is 0 Å². The van der Waals surface area contributed by atoms with Gasteiger partial charge in [-0.3, -0.25) is 9.48 Å². The highest BCUT2D eigenvalue weighted by atomic mass is 19.4. The van der Waals surface area contributed by atoms with Crippen molar-refractivity contribution in [3.8, 4) is 0 Å². The molecule has 1 amide bonds. The van der Waals surface area contributed by atoms with Gasteiger partial charge in [-0.15, -0.1) is 0 Å². The summed E-state index contributed by atoms with van der Waals surface area (Å²) in [6, 6.07) is -0.222. The average Bonchev–Trinajstić information content (AvgIpc) is 2.71. The van der Waals surface area contributed by atoms with Crippen LogP contribution in [-0.4, -0.2) is 21.9 Å². The molecule has 0 spiro atoms. The summed E-state index contributed by atoms with van der Waals surface area (Å²) in [4.78, 5) is 11.4. The number of halogens is 3. The lowest BCUT2D eigenvalue weighted by atomic mass is 9.93. The molecule has 0 saturated carbocycles. The van der Waals surface area contributed by atoms with Crippen LogP contribution in [0.1, 0.15) is 56.5 Å². The Hall–Kier alpha value is -1.53. The third-order valence-corrected chi connectivity index (χ3v) is 3.33. The maximum atomic E-state index is 12.2. The second kappa shape index (κ2) is 5.46. The first-order valence-electron chi connectivity index (χ1n) is 6.70. The maximum absolute atomic E-state index is 12.2. The van der Waals surface area contributed by atoms with Crippen molar-refractivity contribution in [1.82, 2.24) is 15.1 Å². The molecule has 2 rings (SSSR count). The van der Waals surface area contributed by atoms with Crippen molar-refractivity contribution in [2.24, 2.45) is 0 Å². The third kappa shape index (κ3) is 3.52. The smallest absolute Gasteiger partial charge is 0.347 e. The fourth-order valence-corrected chi connectivity index (χ4v) is 2.40. The van der Waals surface area contributed by atoms with Gasteiger partial charge in [-0.1, -0.05) is 0 Å². The van der Waals surface area contributed by atoms with Crippen LogP contribution in [-0.2, 0) is 11.2 Å². The SMILES string of the molecule is CC(C)n1cc2c(n1)[C@@H](NC(=O)CC(F)(F)F)CCC2. The van der Waals surface area contributed by atoms with Gasteiger partial charge in [-0.2, -0.15) is 18.3 Å². The molecule has 4 nitrogen and oxygen atoms in total. The Morgan fingerprint density at radius 2 is 2.25 bits per heavy atom. The van der Waals surface area contributed by atoms with Gasteiger partial charge >= 0.3 is 6.18 Å². The molecule has 0 radical (unpaired) electrons. The number of nitrogens with zero attached hydrogens (tertiary/aromatic N) is 2. The number of hydrogen-bond acceptors (Lipinski definition) is 2. The number of aryl methyl sites for hydroxylation is 1. The Morgan fingerprint density at radius 1 is 1.55 bits per heavy atom. The number of carbonyl (C=O) groups is 1. The van der Waals surface area contributed by atoms with E-state index in [1.54, 1.807) is 4.68 Å². The maximum Gasteiger partial charge on any atom is 0.397 e. The van der Waals surface area contributed by atoms with Crippen LogP contribution in [0.5, 0.6) is 0 Å². The first kappa shape index (κ1) is 14.9. The number of amides is 1. The number of alkyl halides is 3. The molecule has 7 heteroatoms. The summed E-state index contributed by atoms with van der Waals surface area (Å²) >= 11 is 0. The van der Waals surface area contributed by atoms with Crippen molar-refractivity contribution in [1.29, 1.82) is 0 Å². The Labute approximate surface area is 115 Å². The predicted molar refractivity (Wildman–Crippen MR) is 67.1 cm³/mol. The van der Waals surface area contributed by atoms with E-state index in [1.807, 2.05) is 20.0 Å². The molecule has 1 aromatic heterocycles. The molecule has 0 aliphatic heterocycles. The standard InChI is InChI=1S/C13H18F3N3O/c1-8(2)19-7-9-4-3-5-10(12(9)18-19)17-11(20)6-13(14,15)16/h7-8,10H,3-6H2,1-2H3,(H,17,20)/t10-/m0/s1. The molecule has 0 unspecified atom stereocenters. The average molecular weight is 289 g/mol. The van der Waals surface area contributed by atoms with Crippen molar-refractivity contribution in [2.75, 3.05) is 0 Å². The fraction of sp³-hybridized carbons (Fsp3) is 0.692. The fourth-order valence-electron chi connectivity index (χ4n) is 2.40. The third-order valence-electron chi connectivity index (χ3n) is 3.33. The molecular weight excluding hydrogens is 271 g/mol. The van der Waals surface area contributed by atoms with Gasteiger partial charge in [-0.05, 0) is 38.7 Å². The lowest BCUT2D eigenvalue weighted by Crippen LogP contribution is -2.33. The van der Waals surface area contributed by atoms with Crippen LogP contribution in [0.15, 0.2) is 6.20 Å². The van der Waals surface area contributed by atoms with E-state index in [-0.39, 0.29) is 6.04 Å². The van der Waals surface area contributed by atoms with Gasteiger partial charge in [0.1, 0.15) is 6.42 Å². The predicted octanol–water partition coefficient (Wildman–Crippen LogP) is 2.91. The number of aromatic nitrogens is 2. The van der Waals surface area contributed by atoms with E-state index in [2.05, 4.69) is 10.4 Å². The van der Waals surface area contributed by atoms with Crippen LogP contribution in [0.3, 0.4) is 0 Å². The van der Waals surface area contributed by atoms with E-state index in [0.717, 1.165) is 18.4 Å². The van der Waals surface area contributed by atoms with Crippen molar-refractivity contribution < 1.29 is 18.0 Å². The van der Waals surface area contributed by atoms with Crippen LogP contribution in [0, 0.1) is 0 Å². The van der Waals surface area contributed by atoms with E-state index in [4.69, 9.17) is 0 Å². The molecular formula is C13H18F3N3O. The van der Waals surface area contributed by atoms with Crippen molar-refractivity contribution in [2.45, 2.75) is 57.8 Å². The molecule has 1 atom stereocenters. The van der Waals surface area contributed by atoms with Crippen LogP contribution < -0.4 is 5.32 Å². The summed E-state index contributed by atoms with van der Waals surface area (Å²) in [6.07, 6.45) is -1.67. The molecule has 112 valence electrons. The lowest BCUT2D eigenvalue weighted by Gasteiger charge is -2.22. The Morgan fingerprint density at radius 3 is 2.85 bits per heavy atom. The lowest BCUT2D eigenvalue weighted by molar-refractivity contribution is -0.154. The summed E-state index contributed by atoms with van der Waals surface area (Å²) in [7, 11) is 0. The summed E-state index contributed by atoms with van der Waals surface area (Å²) in [6.45, 7) is 3.96. The summed E-state index contributed by atoms with van der Waals surface area (Å²) in [5.74, 6) is -0.991. The molecule has 1 aliphatic carbocycles. The number of hydrogen-bond donors (Lipinski definition) is 1. The van der Waals surface area contributed by atoms with Gasteiger partial charge in [0, 0.05) is 12.2 Å². The summed E-state index contributed by atoms with van der Waals surface area (Å²) in [5, 5.41) is 6.85. The number of nitrogens with one attached hydrogen (secondary N) is 1. The van der Waals surface area contributed by atoms with Crippen molar-refractivity contribution in [3.63, 3.8) is 0 Å². The van der Waals surface area contributed by atoms with Crippen LogP contribution in [0.25, 0.3) is 0 Å². The topological polar surface area (TPSA) is 46.9 Å². The quantitative estimate of drug-likeness (QED) is 0.930. The van der Waals surface area contributed by atoms with Gasteiger partial charge in [-0.25, -0.2) is 0 Å². The zero-order valence-electron chi connectivity index (χ0n) is 11.5. The Kier molecular flexibility index (Phi) is 4.06. The number of rotatable bonds is 3. The van der Waals surface area contributed by atoms with Gasteiger partial charge in [0.15, 0.2) is 0 Å². The van der Waals surface area contributed by atoms with E-state index in [0.29, 0.717) is 12.1 Å². The molecule has 20 heavy (non-hydrogen) atoms. The first-order valence-corrected chi connectivity index (χ1v) is 6.70. The highest BCUT2D eigenvalue weighted by Crippen LogP contribution is 2.30. The minimum absolute atomic E-state index is 0.187. The molecule has 1 N–H and O–H groups in total. The molecule has 0 bridgehead atoms. The van der Waals surface area contributed by atoms with E-state index >= 15 is 0 Å². The van der Waals surface area contributed by atoms with Crippen LogP contribution in [0.4, 0.5) is 13.2 Å². The van der Waals surface area contributed by atoms with Crippen LogP contribution in [0.2, 0.25) is 0 Å². The summed E-state index contributed by atoms with van der Waals surface area (Å²) < 4.78 is 38.3. The highest BCUT2D eigenvalue weighted by molar-refractivity contribution is 5.77. The molecule has 1 aliphatic rings. The minimum atomic E-state index is -4.47. The van der Waals surface area contributed by atoms with E-state index in [9.17, 15) is 18.0 Å². The molecule has 0 fully saturated rings. The first-order chi connectivity index (χ1) is 9.26. The summed E-state index contributed by atoms with van der Waals surface area (Å²) in [5.41, 5.74) is 1.72. The minimum Gasteiger partial charge on any atom is -0.347 e. The molecule has 1 heterocycles. The molecule has 1 aromatic rings. The van der Waals surface area contributed by atoms with E-state index < -0.39 is 24.5 Å². The number of fused-ring (bicyclic) bond motifs is 1. The highest BCUT2D eigenvalue weighted by Gasteiger charge is 2.33. The monoisotopic (exact) mass is 289 g/mol. The Balaban J connectivity index is 2.10. The van der Waals surface area contributed by atoms with Crippen molar-refractivity contribution >= 4 is 5.91 Å². The van der Waals surface area contributed by atoms with E-state index in [1.165, 1.54) is 0 Å². The zero-order chi connectivity index (χ0) is 14.9. The largest absolute Gasteiger partial charge is 0.397 e. The number of carbonyl (C=O) groups excluding carboxylic acids is 1. The normalized spacial score (nSPS) is 19.0.